The number of nitroso groups, excluding NO2 is 1. The Morgan fingerprint density at radius 1 is 1.14 bits per heavy atom. The highest BCUT2D eigenvalue weighted by Crippen LogP contribution is 2.35. The van der Waals surface area contributed by atoms with Crippen LogP contribution < -0.4 is 0 Å². The first-order valence-corrected chi connectivity index (χ1v) is 8.70. The van der Waals surface area contributed by atoms with Crippen LogP contribution in [0.1, 0.15) is 44.1 Å². The molecule has 1 unspecified atom stereocenters. The van der Waals surface area contributed by atoms with Crippen molar-refractivity contribution in [3.05, 3.63) is 40.8 Å². The van der Waals surface area contributed by atoms with Gasteiger partial charge in [0.25, 0.3) is 0 Å². The summed E-state index contributed by atoms with van der Waals surface area (Å²) in [5.74, 6) is 1.53. The second-order valence-electron chi connectivity index (χ2n) is 6.98. The van der Waals surface area contributed by atoms with Crippen LogP contribution >= 0.6 is 0 Å². The Bertz CT molecular complexity index is 424. The van der Waals surface area contributed by atoms with E-state index in [2.05, 4.69) is 54.5 Å². The van der Waals surface area contributed by atoms with Gasteiger partial charge in [-0.3, -0.25) is 0 Å². The predicted octanol–water partition coefficient (Wildman–Crippen LogP) is 4.51. The van der Waals surface area contributed by atoms with Crippen molar-refractivity contribution >= 4 is 0 Å². The highest BCUT2D eigenvalue weighted by molar-refractivity contribution is 5.14. The zero-order chi connectivity index (χ0) is 15.8. The Morgan fingerprint density at radius 2 is 1.82 bits per heavy atom. The van der Waals surface area contributed by atoms with Gasteiger partial charge in [0, 0.05) is 6.04 Å². The Morgan fingerprint density at radius 3 is 2.41 bits per heavy atom. The molecule has 22 heavy (non-hydrogen) atoms. The Balaban J connectivity index is 1.83. The van der Waals surface area contributed by atoms with Gasteiger partial charge in [0.05, 0.1) is 6.54 Å². The van der Waals surface area contributed by atoms with Crippen molar-refractivity contribution in [2.24, 2.45) is 17.0 Å². The van der Waals surface area contributed by atoms with Crippen LogP contribution in [0.25, 0.3) is 0 Å². The molecular formula is C19H30N2O. The van der Waals surface area contributed by atoms with Gasteiger partial charge in [0.2, 0.25) is 0 Å². The lowest BCUT2D eigenvalue weighted by atomic mass is 9.76. The molecule has 0 aliphatic heterocycles. The first kappa shape index (κ1) is 17.1. The summed E-state index contributed by atoms with van der Waals surface area (Å²) in [5, 5.41) is 3.02. The third-order valence-corrected chi connectivity index (χ3v) is 5.30. The SMILES string of the molecule is CN(C)C(CCc1ccccc1)C1CCC(CCN=O)CC1. The first-order valence-electron chi connectivity index (χ1n) is 8.70. The van der Waals surface area contributed by atoms with Gasteiger partial charge in [-0.2, -0.15) is 4.91 Å². The molecule has 1 fully saturated rings. The summed E-state index contributed by atoms with van der Waals surface area (Å²) in [7, 11) is 4.44. The average molecular weight is 302 g/mol. The van der Waals surface area contributed by atoms with Gasteiger partial charge < -0.3 is 4.90 Å². The molecule has 3 heteroatoms. The highest BCUT2D eigenvalue weighted by Gasteiger charge is 2.28. The molecular weight excluding hydrogens is 272 g/mol. The Hall–Kier alpha value is -1.22. The quantitative estimate of drug-likeness (QED) is 0.662. The highest BCUT2D eigenvalue weighted by atomic mass is 16.3. The molecule has 1 aliphatic carbocycles. The molecule has 0 bridgehead atoms. The number of nitrogens with zero attached hydrogens (tertiary/aromatic N) is 2. The van der Waals surface area contributed by atoms with Gasteiger partial charge in [-0.05, 0) is 63.6 Å². The number of hydrogen-bond acceptors (Lipinski definition) is 3. The van der Waals surface area contributed by atoms with E-state index < -0.39 is 0 Å². The average Bonchev–Trinajstić information content (AvgIpc) is 2.55. The molecule has 0 spiro atoms. The molecule has 1 aromatic carbocycles. The minimum Gasteiger partial charge on any atom is -0.306 e. The predicted molar refractivity (Wildman–Crippen MR) is 93.0 cm³/mol. The summed E-state index contributed by atoms with van der Waals surface area (Å²) in [6.45, 7) is 0.500. The number of rotatable bonds is 8. The fourth-order valence-corrected chi connectivity index (χ4v) is 3.97. The monoisotopic (exact) mass is 302 g/mol. The minimum absolute atomic E-state index is 0.500. The molecule has 1 aliphatic rings. The third-order valence-electron chi connectivity index (χ3n) is 5.30. The Labute approximate surface area is 135 Å². The largest absolute Gasteiger partial charge is 0.306 e. The maximum Gasteiger partial charge on any atom is 0.0813 e. The van der Waals surface area contributed by atoms with Crippen molar-refractivity contribution in [1.82, 2.24) is 4.90 Å². The van der Waals surface area contributed by atoms with E-state index in [4.69, 9.17) is 0 Å². The van der Waals surface area contributed by atoms with Gasteiger partial charge in [-0.25, -0.2) is 0 Å². The molecule has 0 radical (unpaired) electrons. The molecule has 1 saturated carbocycles. The fourth-order valence-electron chi connectivity index (χ4n) is 3.97. The summed E-state index contributed by atoms with van der Waals surface area (Å²) in [4.78, 5) is 12.7. The van der Waals surface area contributed by atoms with E-state index in [1.54, 1.807) is 0 Å². The van der Waals surface area contributed by atoms with Crippen molar-refractivity contribution in [1.29, 1.82) is 0 Å². The summed E-state index contributed by atoms with van der Waals surface area (Å²) < 4.78 is 0. The van der Waals surface area contributed by atoms with Gasteiger partial charge in [-0.15, -0.1) is 0 Å². The standard InChI is InChI=1S/C19H30N2O/c1-21(2)19(13-10-16-6-4-3-5-7-16)18-11-8-17(9-12-18)14-15-20-22/h3-7,17-19H,8-15H2,1-2H3. The van der Waals surface area contributed by atoms with E-state index >= 15 is 0 Å². The molecule has 0 amide bonds. The molecule has 2 rings (SSSR count). The van der Waals surface area contributed by atoms with Crippen molar-refractivity contribution in [2.75, 3.05) is 20.6 Å². The molecule has 1 aromatic rings. The zero-order valence-corrected chi connectivity index (χ0v) is 14.1. The topological polar surface area (TPSA) is 32.7 Å². The van der Waals surface area contributed by atoms with E-state index in [1.807, 2.05) is 0 Å². The van der Waals surface area contributed by atoms with E-state index in [0.29, 0.717) is 12.6 Å². The van der Waals surface area contributed by atoms with Crippen LogP contribution in [0.15, 0.2) is 35.5 Å². The molecule has 1 atom stereocenters. The molecule has 122 valence electrons. The number of aryl methyl sites for hydroxylation is 1. The summed E-state index contributed by atoms with van der Waals surface area (Å²) in [5.41, 5.74) is 1.44. The molecule has 0 N–H and O–H groups in total. The lowest BCUT2D eigenvalue weighted by Gasteiger charge is -2.37. The molecule has 3 nitrogen and oxygen atoms in total. The van der Waals surface area contributed by atoms with Crippen LogP contribution in [0, 0.1) is 16.7 Å². The fraction of sp³-hybridized carbons (Fsp3) is 0.684. The zero-order valence-electron chi connectivity index (χ0n) is 14.1. The van der Waals surface area contributed by atoms with E-state index in [9.17, 15) is 4.91 Å². The lowest BCUT2D eigenvalue weighted by Crippen LogP contribution is -2.37. The van der Waals surface area contributed by atoms with Gasteiger partial charge in [-0.1, -0.05) is 48.4 Å². The van der Waals surface area contributed by atoms with Crippen molar-refractivity contribution in [3.63, 3.8) is 0 Å². The van der Waals surface area contributed by atoms with Crippen LogP contribution in [-0.4, -0.2) is 31.6 Å². The van der Waals surface area contributed by atoms with Crippen LogP contribution in [0.5, 0.6) is 0 Å². The van der Waals surface area contributed by atoms with E-state index in [1.165, 1.54) is 44.1 Å². The van der Waals surface area contributed by atoms with Crippen molar-refractivity contribution < 1.29 is 0 Å². The van der Waals surface area contributed by atoms with Gasteiger partial charge >= 0.3 is 0 Å². The summed E-state index contributed by atoms with van der Waals surface area (Å²) in [6.07, 6.45) is 8.56. The van der Waals surface area contributed by atoms with Gasteiger partial charge in [0.1, 0.15) is 0 Å². The maximum absolute atomic E-state index is 10.3. The van der Waals surface area contributed by atoms with E-state index in [-0.39, 0.29) is 0 Å². The first-order chi connectivity index (χ1) is 10.7. The summed E-state index contributed by atoms with van der Waals surface area (Å²) in [6, 6.07) is 11.5. The second-order valence-corrected chi connectivity index (χ2v) is 6.98. The van der Waals surface area contributed by atoms with Crippen molar-refractivity contribution in [3.8, 4) is 0 Å². The van der Waals surface area contributed by atoms with Gasteiger partial charge in [0.15, 0.2) is 0 Å². The smallest absolute Gasteiger partial charge is 0.0813 e. The van der Waals surface area contributed by atoms with Crippen molar-refractivity contribution in [2.45, 2.75) is 51.0 Å². The number of benzene rings is 1. The summed E-state index contributed by atoms with van der Waals surface area (Å²) >= 11 is 0. The van der Waals surface area contributed by atoms with Crippen LogP contribution in [0.2, 0.25) is 0 Å². The van der Waals surface area contributed by atoms with Crippen LogP contribution in [0.3, 0.4) is 0 Å². The molecule has 0 saturated heterocycles. The maximum atomic E-state index is 10.3. The lowest BCUT2D eigenvalue weighted by molar-refractivity contribution is 0.139. The van der Waals surface area contributed by atoms with Crippen LogP contribution in [-0.2, 0) is 6.42 Å². The molecule has 0 heterocycles. The second kappa shape index (κ2) is 9.04. The minimum atomic E-state index is 0.500. The van der Waals surface area contributed by atoms with Crippen LogP contribution in [0.4, 0.5) is 0 Å². The Kier molecular flexibility index (Phi) is 7.04. The number of hydrogen-bond donors (Lipinski definition) is 0. The normalized spacial score (nSPS) is 23.4. The van der Waals surface area contributed by atoms with E-state index in [0.717, 1.165) is 18.3 Å². The third kappa shape index (κ3) is 5.20. The molecule has 0 aromatic heterocycles.